The molecular weight excluding hydrogens is 216 g/mol. The van der Waals surface area contributed by atoms with Crippen LogP contribution in [0.2, 0.25) is 0 Å². The lowest BCUT2D eigenvalue weighted by Crippen LogP contribution is -2.42. The van der Waals surface area contributed by atoms with Crippen LogP contribution in [0.4, 0.5) is 0 Å². The van der Waals surface area contributed by atoms with Gasteiger partial charge >= 0.3 is 0 Å². The Kier molecular flexibility index (Phi) is 7.77. The highest BCUT2D eigenvalue weighted by atomic mass is 16.5. The average Bonchev–Trinajstić information content (AvgIpc) is 2.82. The van der Waals surface area contributed by atoms with Gasteiger partial charge in [-0.1, -0.05) is 13.3 Å². The molecule has 0 aromatic carbocycles. The topological polar surface area (TPSA) is 47.7 Å². The summed E-state index contributed by atoms with van der Waals surface area (Å²) in [5.41, 5.74) is 5.84. The zero-order valence-electron chi connectivity index (χ0n) is 11.4. The number of hydrogen-bond donors (Lipinski definition) is 1. The van der Waals surface area contributed by atoms with Crippen LogP contribution in [-0.4, -0.2) is 57.5 Å². The van der Waals surface area contributed by atoms with Crippen LogP contribution in [0.3, 0.4) is 0 Å². The molecule has 0 saturated heterocycles. The third kappa shape index (κ3) is 4.92. The van der Waals surface area contributed by atoms with E-state index >= 15 is 0 Å². The van der Waals surface area contributed by atoms with Crippen LogP contribution in [0.5, 0.6) is 0 Å². The molecule has 2 atom stereocenters. The van der Waals surface area contributed by atoms with Gasteiger partial charge in [0.15, 0.2) is 0 Å². The summed E-state index contributed by atoms with van der Waals surface area (Å²) in [4.78, 5) is 2.53. The Morgan fingerprint density at radius 1 is 1.24 bits per heavy atom. The Bertz CT molecular complexity index is 190. The molecule has 1 aliphatic carbocycles. The molecule has 0 aromatic heterocycles. The zero-order chi connectivity index (χ0) is 12.5. The second kappa shape index (κ2) is 8.86. The van der Waals surface area contributed by atoms with Crippen molar-refractivity contribution < 1.29 is 9.47 Å². The lowest BCUT2D eigenvalue weighted by Gasteiger charge is -2.31. The first kappa shape index (κ1) is 14.9. The summed E-state index contributed by atoms with van der Waals surface area (Å²) in [7, 11) is 1.70. The van der Waals surface area contributed by atoms with Crippen LogP contribution < -0.4 is 5.73 Å². The molecule has 0 bridgehead atoms. The van der Waals surface area contributed by atoms with Crippen LogP contribution in [0.25, 0.3) is 0 Å². The van der Waals surface area contributed by atoms with Crippen molar-refractivity contribution in [2.24, 2.45) is 11.7 Å². The molecule has 0 aliphatic heterocycles. The Hall–Kier alpha value is -0.160. The maximum atomic E-state index is 5.84. The number of methoxy groups -OCH3 is 1. The van der Waals surface area contributed by atoms with E-state index in [0.29, 0.717) is 25.2 Å². The van der Waals surface area contributed by atoms with E-state index in [0.717, 1.165) is 26.2 Å². The minimum Gasteiger partial charge on any atom is -0.382 e. The summed E-state index contributed by atoms with van der Waals surface area (Å²) >= 11 is 0. The third-order valence-corrected chi connectivity index (χ3v) is 3.75. The quantitative estimate of drug-likeness (QED) is 0.617. The number of likely N-dealkylation sites (N-methyl/N-ethyl adjacent to an activating group) is 1. The van der Waals surface area contributed by atoms with E-state index in [9.17, 15) is 0 Å². The van der Waals surface area contributed by atoms with Gasteiger partial charge in [-0.05, 0) is 31.8 Å². The van der Waals surface area contributed by atoms with Gasteiger partial charge in [-0.3, -0.25) is 4.90 Å². The monoisotopic (exact) mass is 244 g/mol. The molecule has 2 N–H and O–H groups in total. The normalized spacial score (nSPS) is 24.7. The molecule has 0 amide bonds. The van der Waals surface area contributed by atoms with E-state index in [2.05, 4.69) is 11.8 Å². The number of ether oxygens (including phenoxy) is 2. The van der Waals surface area contributed by atoms with E-state index in [1.54, 1.807) is 7.11 Å². The van der Waals surface area contributed by atoms with Crippen molar-refractivity contribution in [3.63, 3.8) is 0 Å². The second-order valence-corrected chi connectivity index (χ2v) is 4.73. The summed E-state index contributed by atoms with van der Waals surface area (Å²) in [6, 6.07) is 0.677. The molecule has 1 saturated carbocycles. The maximum absolute atomic E-state index is 5.84. The minimum atomic E-state index is 0.677. The lowest BCUT2D eigenvalue weighted by atomic mass is 10.0. The summed E-state index contributed by atoms with van der Waals surface area (Å²) in [6.07, 6.45) is 3.92. The Labute approximate surface area is 105 Å². The van der Waals surface area contributed by atoms with Crippen molar-refractivity contribution in [2.75, 3.05) is 46.6 Å². The van der Waals surface area contributed by atoms with E-state index in [-0.39, 0.29) is 0 Å². The van der Waals surface area contributed by atoms with Gasteiger partial charge in [0.2, 0.25) is 0 Å². The number of rotatable bonds is 9. The first-order valence-corrected chi connectivity index (χ1v) is 6.84. The summed E-state index contributed by atoms with van der Waals surface area (Å²) in [5.74, 6) is 0.689. The molecule has 2 unspecified atom stereocenters. The van der Waals surface area contributed by atoms with E-state index < -0.39 is 0 Å². The number of nitrogens with two attached hydrogens (primary N) is 1. The van der Waals surface area contributed by atoms with Crippen LogP contribution >= 0.6 is 0 Å². The van der Waals surface area contributed by atoms with Gasteiger partial charge in [0.05, 0.1) is 19.8 Å². The van der Waals surface area contributed by atoms with Gasteiger partial charge < -0.3 is 15.2 Å². The molecule has 102 valence electrons. The Morgan fingerprint density at radius 2 is 2.06 bits per heavy atom. The Balaban J connectivity index is 2.22. The van der Waals surface area contributed by atoms with Crippen LogP contribution in [-0.2, 0) is 9.47 Å². The number of nitrogens with zero attached hydrogens (tertiary/aromatic N) is 1. The summed E-state index contributed by atoms with van der Waals surface area (Å²) < 4.78 is 10.5. The summed E-state index contributed by atoms with van der Waals surface area (Å²) in [6.45, 7) is 7.33. The van der Waals surface area contributed by atoms with Crippen molar-refractivity contribution >= 4 is 0 Å². The molecule has 1 aliphatic rings. The van der Waals surface area contributed by atoms with Crippen molar-refractivity contribution in [2.45, 2.75) is 32.2 Å². The minimum absolute atomic E-state index is 0.677. The van der Waals surface area contributed by atoms with Crippen molar-refractivity contribution in [1.82, 2.24) is 4.90 Å². The molecule has 17 heavy (non-hydrogen) atoms. The third-order valence-electron chi connectivity index (χ3n) is 3.75. The van der Waals surface area contributed by atoms with E-state index in [1.807, 2.05) is 0 Å². The molecule has 1 rings (SSSR count). The van der Waals surface area contributed by atoms with Crippen molar-refractivity contribution in [1.29, 1.82) is 0 Å². The first-order valence-electron chi connectivity index (χ1n) is 6.84. The fourth-order valence-electron chi connectivity index (χ4n) is 2.76. The van der Waals surface area contributed by atoms with Crippen LogP contribution in [0, 0.1) is 5.92 Å². The molecule has 0 heterocycles. The van der Waals surface area contributed by atoms with Gasteiger partial charge in [0.25, 0.3) is 0 Å². The zero-order valence-corrected chi connectivity index (χ0v) is 11.4. The fraction of sp³-hybridized carbons (Fsp3) is 1.00. The maximum Gasteiger partial charge on any atom is 0.0700 e. The predicted molar refractivity (Wildman–Crippen MR) is 70.1 cm³/mol. The smallest absolute Gasteiger partial charge is 0.0700 e. The molecular formula is C13H28N2O2. The second-order valence-electron chi connectivity index (χ2n) is 4.73. The predicted octanol–water partition coefficient (Wildman–Crippen LogP) is 1.10. The standard InChI is InChI=1S/C13H28N2O2/c1-3-15(7-8-17-10-9-16-2)13-6-4-5-12(13)11-14/h12-13H,3-11,14H2,1-2H3. The van der Waals surface area contributed by atoms with Crippen LogP contribution in [0.1, 0.15) is 26.2 Å². The van der Waals surface area contributed by atoms with Crippen molar-refractivity contribution in [3.05, 3.63) is 0 Å². The molecule has 4 nitrogen and oxygen atoms in total. The van der Waals surface area contributed by atoms with Crippen molar-refractivity contribution in [3.8, 4) is 0 Å². The summed E-state index contributed by atoms with van der Waals surface area (Å²) in [5, 5.41) is 0. The Morgan fingerprint density at radius 3 is 2.71 bits per heavy atom. The molecule has 0 spiro atoms. The fourth-order valence-corrected chi connectivity index (χ4v) is 2.76. The molecule has 0 radical (unpaired) electrons. The van der Waals surface area contributed by atoms with Gasteiger partial charge in [-0.2, -0.15) is 0 Å². The van der Waals surface area contributed by atoms with Gasteiger partial charge in [0, 0.05) is 19.7 Å². The van der Waals surface area contributed by atoms with E-state index in [1.165, 1.54) is 19.3 Å². The largest absolute Gasteiger partial charge is 0.382 e. The van der Waals surface area contributed by atoms with Gasteiger partial charge in [-0.25, -0.2) is 0 Å². The SMILES string of the molecule is CCN(CCOCCOC)C1CCCC1CN. The molecule has 0 aromatic rings. The van der Waals surface area contributed by atoms with Crippen LogP contribution in [0.15, 0.2) is 0 Å². The molecule has 4 heteroatoms. The highest BCUT2D eigenvalue weighted by Crippen LogP contribution is 2.28. The lowest BCUT2D eigenvalue weighted by molar-refractivity contribution is 0.0467. The van der Waals surface area contributed by atoms with Gasteiger partial charge in [-0.15, -0.1) is 0 Å². The van der Waals surface area contributed by atoms with E-state index in [4.69, 9.17) is 15.2 Å². The average molecular weight is 244 g/mol. The van der Waals surface area contributed by atoms with Gasteiger partial charge in [0.1, 0.15) is 0 Å². The number of hydrogen-bond acceptors (Lipinski definition) is 4. The first-order chi connectivity index (χ1) is 8.33. The molecule has 1 fully saturated rings. The highest BCUT2D eigenvalue weighted by molar-refractivity contribution is 4.85. The highest BCUT2D eigenvalue weighted by Gasteiger charge is 2.29.